The predicted octanol–water partition coefficient (Wildman–Crippen LogP) is 4.82. The van der Waals surface area contributed by atoms with Gasteiger partial charge in [-0.3, -0.25) is 4.49 Å². The third kappa shape index (κ3) is 4.42. The summed E-state index contributed by atoms with van der Waals surface area (Å²) >= 11 is 7.07. The molecular formula is C21H21BBr2N3O+. The number of hydrogen-bond acceptors (Lipinski definition) is 2. The number of aromatic amines is 1. The molecule has 0 saturated heterocycles. The fraction of sp³-hybridized carbons (Fsp3) is 0.190. The molecule has 142 valence electrons. The summed E-state index contributed by atoms with van der Waals surface area (Å²) in [6, 6.07) is 6.10. The fourth-order valence-electron chi connectivity index (χ4n) is 3.26. The van der Waals surface area contributed by atoms with Gasteiger partial charge in [0.2, 0.25) is 0 Å². The molecular weight excluding hydrogens is 481 g/mol. The average molecular weight is 502 g/mol. The molecule has 0 unspecified atom stereocenters. The molecule has 1 aromatic heterocycles. The van der Waals surface area contributed by atoms with Gasteiger partial charge >= 0.3 is 7.98 Å². The highest BCUT2D eigenvalue weighted by Gasteiger charge is 2.20. The topological polar surface area (TPSA) is 54.0 Å². The zero-order valence-electron chi connectivity index (χ0n) is 15.8. The number of rotatable bonds is 6. The molecule has 28 heavy (non-hydrogen) atoms. The quantitative estimate of drug-likeness (QED) is 0.557. The predicted molar refractivity (Wildman–Crippen MR) is 125 cm³/mol. The first-order chi connectivity index (χ1) is 13.4. The normalized spacial score (nSPS) is 15.4. The maximum atomic E-state index is 6.07. The van der Waals surface area contributed by atoms with Gasteiger partial charge in [0.05, 0.1) is 17.3 Å². The second kappa shape index (κ2) is 9.12. The van der Waals surface area contributed by atoms with Gasteiger partial charge in [-0.1, -0.05) is 15.9 Å². The molecule has 1 aliphatic heterocycles. The Balaban J connectivity index is 1.98. The Kier molecular flexibility index (Phi) is 6.80. The van der Waals surface area contributed by atoms with Gasteiger partial charge in [0.15, 0.2) is 5.70 Å². The number of aromatic nitrogens is 1. The summed E-state index contributed by atoms with van der Waals surface area (Å²) in [5.41, 5.74) is 12.1. The van der Waals surface area contributed by atoms with E-state index in [1.54, 1.807) is 11.6 Å². The average Bonchev–Trinajstić information content (AvgIpc) is 3.23. The Bertz CT molecular complexity index is 1020. The van der Waals surface area contributed by atoms with Crippen LogP contribution in [0.3, 0.4) is 0 Å². The van der Waals surface area contributed by atoms with Crippen LogP contribution in [0, 0.1) is 6.92 Å². The van der Waals surface area contributed by atoms with E-state index in [2.05, 4.69) is 49.8 Å². The third-order valence-corrected chi connectivity index (χ3v) is 5.55. The van der Waals surface area contributed by atoms with Gasteiger partial charge in [-0.25, -0.2) is 0 Å². The number of methoxy groups -OCH3 is 1. The SMILES string of the molecule is [B][N+]1=CC=CC1=C(CCN)c1[nH]c(/C=C/c2cc(Br)cc(Br)c2OC)cc1C. The smallest absolute Gasteiger partial charge is 0.495 e. The van der Waals surface area contributed by atoms with Crippen LogP contribution in [0.25, 0.3) is 17.7 Å². The zero-order valence-corrected chi connectivity index (χ0v) is 19.0. The van der Waals surface area contributed by atoms with Crippen LogP contribution in [0.15, 0.2) is 45.0 Å². The Morgan fingerprint density at radius 2 is 2.07 bits per heavy atom. The molecule has 1 aliphatic rings. The highest BCUT2D eigenvalue weighted by Crippen LogP contribution is 2.34. The van der Waals surface area contributed by atoms with Gasteiger partial charge < -0.3 is 15.5 Å². The van der Waals surface area contributed by atoms with E-state index in [9.17, 15) is 0 Å². The van der Waals surface area contributed by atoms with Gasteiger partial charge in [-0.05, 0) is 71.7 Å². The van der Waals surface area contributed by atoms with Crippen molar-refractivity contribution in [1.29, 1.82) is 0 Å². The van der Waals surface area contributed by atoms with Crippen LogP contribution in [-0.2, 0) is 0 Å². The van der Waals surface area contributed by atoms with Crippen molar-refractivity contribution in [2.75, 3.05) is 13.7 Å². The Labute approximate surface area is 183 Å². The van der Waals surface area contributed by atoms with Crippen LogP contribution in [0.5, 0.6) is 5.75 Å². The molecule has 7 heteroatoms. The summed E-state index contributed by atoms with van der Waals surface area (Å²) < 4.78 is 9.02. The second-order valence-corrected chi connectivity index (χ2v) is 8.21. The molecule has 1 aromatic carbocycles. The van der Waals surface area contributed by atoms with Crippen molar-refractivity contribution in [2.45, 2.75) is 13.3 Å². The van der Waals surface area contributed by atoms with E-state index in [1.165, 1.54) is 0 Å². The summed E-state index contributed by atoms with van der Waals surface area (Å²) in [6.45, 7) is 2.63. The van der Waals surface area contributed by atoms with Crippen molar-refractivity contribution < 1.29 is 9.22 Å². The summed E-state index contributed by atoms with van der Waals surface area (Å²) in [5.74, 6) is 0.791. The van der Waals surface area contributed by atoms with Gasteiger partial charge in [0, 0.05) is 33.5 Å². The van der Waals surface area contributed by atoms with Crippen LogP contribution in [-0.4, -0.2) is 37.3 Å². The Morgan fingerprint density at radius 3 is 2.71 bits per heavy atom. The van der Waals surface area contributed by atoms with E-state index in [1.807, 2.05) is 42.7 Å². The fourth-order valence-corrected chi connectivity index (χ4v) is 4.68. The van der Waals surface area contributed by atoms with Crippen LogP contribution in [0.2, 0.25) is 0 Å². The number of hydrogen-bond donors (Lipinski definition) is 2. The van der Waals surface area contributed by atoms with Gasteiger partial charge in [-0.15, -0.1) is 0 Å². The van der Waals surface area contributed by atoms with Gasteiger partial charge in [0.1, 0.15) is 12.0 Å². The number of benzene rings is 1. The molecule has 4 nitrogen and oxygen atoms in total. The molecule has 0 fully saturated rings. The number of halogens is 2. The number of ether oxygens (including phenoxy) is 1. The second-order valence-electron chi connectivity index (χ2n) is 6.44. The van der Waals surface area contributed by atoms with Crippen molar-refractivity contribution in [3.63, 3.8) is 0 Å². The lowest BCUT2D eigenvalue weighted by Gasteiger charge is -2.08. The monoisotopic (exact) mass is 500 g/mol. The number of nitrogens with two attached hydrogens (primary N) is 1. The molecule has 0 bridgehead atoms. The first-order valence-corrected chi connectivity index (χ1v) is 10.4. The van der Waals surface area contributed by atoms with Crippen LogP contribution in [0.1, 0.15) is 28.9 Å². The Hall–Kier alpha value is -1.83. The van der Waals surface area contributed by atoms with Gasteiger partial charge in [-0.2, -0.15) is 0 Å². The molecule has 0 atom stereocenters. The maximum absolute atomic E-state index is 6.07. The minimum Gasteiger partial charge on any atom is -0.495 e. The Morgan fingerprint density at radius 1 is 1.29 bits per heavy atom. The van der Waals surface area contributed by atoms with Crippen molar-refractivity contribution in [3.8, 4) is 5.75 Å². The summed E-state index contributed by atoms with van der Waals surface area (Å²) in [5, 5.41) is 0. The number of nitrogens with one attached hydrogen (secondary N) is 1. The van der Waals surface area contributed by atoms with E-state index in [4.69, 9.17) is 18.5 Å². The molecule has 0 spiro atoms. The molecule has 0 amide bonds. The van der Waals surface area contributed by atoms with E-state index in [-0.39, 0.29) is 0 Å². The lowest BCUT2D eigenvalue weighted by atomic mass is 10.0. The van der Waals surface area contributed by atoms with Crippen molar-refractivity contribution in [3.05, 3.63) is 67.5 Å². The van der Waals surface area contributed by atoms with Crippen LogP contribution < -0.4 is 10.5 Å². The van der Waals surface area contributed by atoms with E-state index < -0.39 is 0 Å². The highest BCUT2D eigenvalue weighted by molar-refractivity contribution is 9.11. The molecule has 3 N–H and O–H groups in total. The number of nitrogens with zero attached hydrogens (tertiary/aromatic N) is 1. The number of allylic oxidation sites excluding steroid dienone is 2. The molecule has 0 saturated carbocycles. The third-order valence-electron chi connectivity index (χ3n) is 4.50. The van der Waals surface area contributed by atoms with Crippen molar-refractivity contribution >= 4 is 63.8 Å². The molecule has 2 heterocycles. The summed E-state index contributed by atoms with van der Waals surface area (Å²) in [6.07, 6.45) is 10.6. The molecule has 0 aliphatic carbocycles. The molecule has 3 rings (SSSR count). The van der Waals surface area contributed by atoms with E-state index in [0.717, 1.165) is 54.9 Å². The standard InChI is InChI=1S/C21H21BBr2N3O/c1-13-10-16(6-5-14-11-15(23)12-18(24)21(14)28-2)26-20(13)17(7-8-25)19-4-3-9-27(19)22/h3-6,9-12,26H,7-8,25H2,1-2H3/q+1/b6-5+. The first-order valence-electron chi connectivity index (χ1n) is 8.84. The van der Waals surface area contributed by atoms with Crippen molar-refractivity contribution in [2.24, 2.45) is 5.73 Å². The largest absolute Gasteiger partial charge is 0.586 e. The first kappa shape index (κ1) is 20.9. The molecule has 2 aromatic rings. The van der Waals surface area contributed by atoms with Crippen LogP contribution >= 0.6 is 31.9 Å². The van der Waals surface area contributed by atoms with E-state index >= 15 is 0 Å². The minimum absolute atomic E-state index is 0.549. The van der Waals surface area contributed by atoms with Gasteiger partial charge in [0.25, 0.3) is 0 Å². The zero-order chi connectivity index (χ0) is 20.3. The van der Waals surface area contributed by atoms with Crippen molar-refractivity contribution in [1.82, 2.24) is 4.98 Å². The summed E-state index contributed by atoms with van der Waals surface area (Å²) in [4.78, 5) is 3.51. The van der Waals surface area contributed by atoms with E-state index in [0.29, 0.717) is 6.54 Å². The molecule has 2 radical (unpaired) electrons. The lowest BCUT2D eigenvalue weighted by Crippen LogP contribution is -2.09. The summed E-state index contributed by atoms with van der Waals surface area (Å²) in [7, 11) is 7.73. The lowest BCUT2D eigenvalue weighted by molar-refractivity contribution is -0.294. The maximum Gasteiger partial charge on any atom is 0.586 e. The highest BCUT2D eigenvalue weighted by atomic mass is 79.9. The number of aryl methyl sites for hydroxylation is 1. The van der Waals surface area contributed by atoms with Crippen LogP contribution in [0.4, 0.5) is 0 Å². The minimum atomic E-state index is 0.549. The number of H-pyrrole nitrogens is 1.